The average molecular weight is 328 g/mol. The fourth-order valence-corrected chi connectivity index (χ4v) is 3.75. The predicted molar refractivity (Wildman–Crippen MR) is 95.6 cm³/mol. The van der Waals surface area contributed by atoms with E-state index in [2.05, 4.69) is 24.9 Å². The molecule has 4 heteroatoms. The Morgan fingerprint density at radius 3 is 2.27 bits per heavy atom. The summed E-state index contributed by atoms with van der Waals surface area (Å²) < 4.78 is 27.0. The van der Waals surface area contributed by atoms with E-state index in [1.165, 1.54) is 31.4 Å². The lowest BCUT2D eigenvalue weighted by Gasteiger charge is -2.25. The largest absolute Gasteiger partial charge is 0.369 e. The Labute approximate surface area is 136 Å². The summed E-state index contributed by atoms with van der Waals surface area (Å²) in [4.78, 5) is 2.08. The second-order valence-corrected chi connectivity index (χ2v) is 9.90. The van der Waals surface area contributed by atoms with Gasteiger partial charge in [0.1, 0.15) is 11.6 Å². The summed E-state index contributed by atoms with van der Waals surface area (Å²) >= 11 is 0. The van der Waals surface area contributed by atoms with Gasteiger partial charge < -0.3 is 4.90 Å². The number of nitrogens with zero attached hydrogens (tertiary/aromatic N) is 1. The Hall–Kier alpha value is -0.903. The first kappa shape index (κ1) is 19.1. The van der Waals surface area contributed by atoms with E-state index in [1.54, 1.807) is 6.07 Å². The van der Waals surface area contributed by atoms with Crippen LogP contribution in [0.4, 0.5) is 14.5 Å². The molecule has 0 aliphatic rings. The van der Waals surface area contributed by atoms with Gasteiger partial charge in [-0.05, 0) is 25.0 Å². The maximum absolute atomic E-state index is 14.0. The normalized spacial score (nSPS) is 11.2. The number of rotatable bonds is 11. The van der Waals surface area contributed by atoms with Gasteiger partial charge in [0.2, 0.25) is 0 Å². The minimum atomic E-state index is -0.505. The van der Waals surface area contributed by atoms with Crippen molar-refractivity contribution in [1.82, 2.24) is 0 Å². The van der Waals surface area contributed by atoms with Crippen molar-refractivity contribution in [3.8, 4) is 0 Å². The monoisotopic (exact) mass is 327 g/mol. The molecule has 22 heavy (non-hydrogen) atoms. The Balaban J connectivity index is 2.47. The third-order valence-electron chi connectivity index (χ3n) is 3.99. The first-order valence-corrected chi connectivity index (χ1v) is 11.9. The van der Waals surface area contributed by atoms with E-state index in [-0.39, 0.29) is 0 Å². The summed E-state index contributed by atoms with van der Waals surface area (Å²) in [6.07, 6.45) is 7.02. The van der Waals surface area contributed by atoms with Crippen LogP contribution in [0.3, 0.4) is 0 Å². The molecule has 0 saturated heterocycles. The van der Waals surface area contributed by atoms with Gasteiger partial charge in [-0.1, -0.05) is 51.7 Å². The highest BCUT2D eigenvalue weighted by atomic mass is 28.3. The van der Waals surface area contributed by atoms with Crippen LogP contribution in [0.15, 0.2) is 18.2 Å². The fourth-order valence-electron chi connectivity index (χ4n) is 2.65. The van der Waals surface area contributed by atoms with Crippen LogP contribution in [0.5, 0.6) is 0 Å². The molecule has 126 valence electrons. The highest BCUT2D eigenvalue weighted by Gasteiger charge is 2.11. The lowest BCUT2D eigenvalue weighted by atomic mass is 10.1. The zero-order chi connectivity index (χ0) is 16.4. The molecule has 0 spiro atoms. The molecular weight excluding hydrogens is 296 g/mol. The molecule has 0 N–H and O–H groups in total. The molecule has 0 unspecified atom stereocenters. The van der Waals surface area contributed by atoms with Crippen molar-refractivity contribution >= 4 is 14.5 Å². The molecule has 0 heterocycles. The molecule has 0 amide bonds. The van der Waals surface area contributed by atoms with Crippen LogP contribution in [0.2, 0.25) is 19.1 Å². The Bertz CT molecular complexity index is 424. The van der Waals surface area contributed by atoms with E-state index in [0.29, 0.717) is 5.69 Å². The van der Waals surface area contributed by atoms with E-state index in [0.717, 1.165) is 38.4 Å². The lowest BCUT2D eigenvalue weighted by molar-refractivity contribution is 0.569. The molecule has 1 aromatic carbocycles. The quantitative estimate of drug-likeness (QED) is 0.377. The molecule has 0 saturated carbocycles. The highest BCUT2D eigenvalue weighted by Crippen LogP contribution is 2.21. The van der Waals surface area contributed by atoms with Crippen molar-refractivity contribution < 1.29 is 8.78 Å². The molecule has 0 bridgehead atoms. The van der Waals surface area contributed by atoms with Crippen molar-refractivity contribution in [3.05, 3.63) is 29.8 Å². The SMILES string of the molecule is CCCCN(CCCCCC[SiH](C)C)c1ccc(F)cc1F. The Morgan fingerprint density at radius 1 is 0.955 bits per heavy atom. The standard InChI is InChI=1S/C18H31F2NSi/c1-4-5-12-21(13-8-6-7-9-14-22(2)3)18-11-10-16(19)15-17(18)20/h10-11,15,22H,4-9,12-14H2,1-3H3. The summed E-state index contributed by atoms with van der Waals surface area (Å²) in [5, 5.41) is 0. The smallest absolute Gasteiger partial charge is 0.149 e. The summed E-state index contributed by atoms with van der Waals surface area (Å²) in [5.74, 6) is -0.948. The van der Waals surface area contributed by atoms with Crippen LogP contribution in [0.25, 0.3) is 0 Å². The van der Waals surface area contributed by atoms with Crippen molar-refractivity contribution in [1.29, 1.82) is 0 Å². The molecule has 0 radical (unpaired) electrons. The minimum Gasteiger partial charge on any atom is -0.369 e. The molecule has 0 atom stereocenters. The van der Waals surface area contributed by atoms with E-state index in [9.17, 15) is 8.78 Å². The van der Waals surface area contributed by atoms with E-state index in [1.807, 2.05) is 0 Å². The molecule has 1 rings (SSSR count). The molecule has 0 aliphatic heterocycles. The lowest BCUT2D eigenvalue weighted by Crippen LogP contribution is -2.26. The molecule has 0 aliphatic carbocycles. The van der Waals surface area contributed by atoms with Gasteiger partial charge in [0, 0.05) is 28.0 Å². The van der Waals surface area contributed by atoms with Crippen molar-refractivity contribution in [2.24, 2.45) is 0 Å². The maximum Gasteiger partial charge on any atom is 0.149 e. The number of benzene rings is 1. The number of hydrogen-bond donors (Lipinski definition) is 0. The van der Waals surface area contributed by atoms with Gasteiger partial charge in [-0.25, -0.2) is 8.78 Å². The third-order valence-corrected chi connectivity index (χ3v) is 5.55. The van der Waals surface area contributed by atoms with Crippen LogP contribution < -0.4 is 4.90 Å². The second-order valence-electron chi connectivity index (χ2n) is 6.53. The van der Waals surface area contributed by atoms with Crippen LogP contribution in [0.1, 0.15) is 45.4 Å². The number of hydrogen-bond acceptors (Lipinski definition) is 1. The summed E-state index contributed by atoms with van der Waals surface area (Å²) in [5.41, 5.74) is 0.546. The fraction of sp³-hybridized carbons (Fsp3) is 0.667. The molecule has 0 aromatic heterocycles. The van der Waals surface area contributed by atoms with Crippen LogP contribution in [0, 0.1) is 11.6 Å². The molecule has 1 aromatic rings. The predicted octanol–water partition coefficient (Wildman–Crippen LogP) is 5.62. The van der Waals surface area contributed by atoms with Crippen LogP contribution >= 0.6 is 0 Å². The molecular formula is C18H31F2NSi. The number of halogens is 2. The number of anilines is 1. The van der Waals surface area contributed by atoms with Crippen molar-refractivity contribution in [2.75, 3.05) is 18.0 Å². The average Bonchev–Trinajstić information content (AvgIpc) is 2.46. The van der Waals surface area contributed by atoms with Gasteiger partial charge in [-0.2, -0.15) is 0 Å². The third kappa shape index (κ3) is 7.39. The topological polar surface area (TPSA) is 3.24 Å². The van der Waals surface area contributed by atoms with E-state index in [4.69, 9.17) is 0 Å². The Kier molecular flexibility index (Phi) is 9.36. The zero-order valence-electron chi connectivity index (χ0n) is 14.4. The van der Waals surface area contributed by atoms with Gasteiger partial charge in [-0.3, -0.25) is 0 Å². The van der Waals surface area contributed by atoms with Gasteiger partial charge in [0.15, 0.2) is 0 Å². The van der Waals surface area contributed by atoms with Crippen LogP contribution in [-0.4, -0.2) is 21.9 Å². The van der Waals surface area contributed by atoms with Gasteiger partial charge in [0.25, 0.3) is 0 Å². The number of unbranched alkanes of at least 4 members (excludes halogenated alkanes) is 4. The first-order chi connectivity index (χ1) is 10.5. The molecule has 0 fully saturated rings. The summed E-state index contributed by atoms with van der Waals surface area (Å²) in [6.45, 7) is 8.63. The van der Waals surface area contributed by atoms with Gasteiger partial charge >= 0.3 is 0 Å². The Morgan fingerprint density at radius 2 is 1.64 bits per heavy atom. The van der Waals surface area contributed by atoms with E-state index < -0.39 is 20.4 Å². The first-order valence-electron chi connectivity index (χ1n) is 8.74. The summed E-state index contributed by atoms with van der Waals surface area (Å²) in [7, 11) is -0.414. The van der Waals surface area contributed by atoms with Crippen molar-refractivity contribution in [2.45, 2.75) is 64.6 Å². The van der Waals surface area contributed by atoms with Gasteiger partial charge in [0.05, 0.1) is 5.69 Å². The summed E-state index contributed by atoms with van der Waals surface area (Å²) in [6, 6.07) is 5.34. The minimum absolute atomic E-state index is 0.414. The second kappa shape index (κ2) is 10.8. The van der Waals surface area contributed by atoms with E-state index >= 15 is 0 Å². The van der Waals surface area contributed by atoms with Crippen molar-refractivity contribution in [3.63, 3.8) is 0 Å². The zero-order valence-corrected chi connectivity index (χ0v) is 15.5. The highest BCUT2D eigenvalue weighted by molar-refractivity contribution is 6.55. The molecule has 1 nitrogen and oxygen atoms in total. The maximum atomic E-state index is 14.0. The van der Waals surface area contributed by atoms with Crippen LogP contribution in [-0.2, 0) is 0 Å². The van der Waals surface area contributed by atoms with Gasteiger partial charge in [-0.15, -0.1) is 0 Å².